The lowest BCUT2D eigenvalue weighted by Crippen LogP contribution is -2.39. The number of primary amides is 1. The number of hydrogen-bond acceptors (Lipinski definition) is 6. The van der Waals surface area contributed by atoms with Crippen molar-refractivity contribution in [2.24, 2.45) is 17.4 Å². The highest BCUT2D eigenvalue weighted by Crippen LogP contribution is 2.35. The molecule has 0 radical (unpaired) electrons. The molecule has 1 amide bonds. The highest BCUT2D eigenvalue weighted by molar-refractivity contribution is 5.99. The molecule has 0 spiro atoms. The van der Waals surface area contributed by atoms with Crippen LogP contribution in [0.4, 0.5) is 26.1 Å². The monoisotopic (exact) mass is 443 g/mol. The molecule has 1 saturated carbocycles. The molecule has 10 heteroatoms. The molecular formula is C22H27F2N7O. The van der Waals surface area contributed by atoms with Gasteiger partial charge in [0.25, 0.3) is 5.91 Å². The zero-order valence-corrected chi connectivity index (χ0v) is 18.0. The molecule has 8 nitrogen and oxygen atoms in total. The maximum absolute atomic E-state index is 14.7. The molecule has 2 heterocycles. The number of anilines is 3. The van der Waals surface area contributed by atoms with Crippen LogP contribution in [0.25, 0.3) is 10.9 Å². The van der Waals surface area contributed by atoms with Crippen molar-refractivity contribution in [1.82, 2.24) is 14.8 Å². The maximum Gasteiger partial charge on any atom is 0.252 e. The van der Waals surface area contributed by atoms with Crippen LogP contribution in [-0.4, -0.2) is 32.8 Å². The number of nitrogens with two attached hydrogens (primary N) is 2. The molecule has 1 aromatic carbocycles. The quantitative estimate of drug-likeness (QED) is 0.401. The van der Waals surface area contributed by atoms with Gasteiger partial charge in [0, 0.05) is 24.3 Å². The van der Waals surface area contributed by atoms with Crippen molar-refractivity contribution in [3.63, 3.8) is 0 Å². The van der Waals surface area contributed by atoms with E-state index in [-0.39, 0.29) is 29.3 Å². The Morgan fingerprint density at radius 3 is 2.66 bits per heavy atom. The van der Waals surface area contributed by atoms with E-state index in [1.807, 2.05) is 13.8 Å². The lowest BCUT2D eigenvalue weighted by Gasteiger charge is -2.24. The van der Waals surface area contributed by atoms with E-state index in [1.165, 1.54) is 0 Å². The first-order chi connectivity index (χ1) is 15.3. The number of carbonyl (C=O) groups excluding carboxylic acids is 1. The van der Waals surface area contributed by atoms with E-state index in [1.54, 1.807) is 22.9 Å². The summed E-state index contributed by atoms with van der Waals surface area (Å²) < 4.78 is 30.5. The molecular weight excluding hydrogens is 416 g/mol. The summed E-state index contributed by atoms with van der Waals surface area (Å²) in [5.41, 5.74) is 12.5. The number of nitrogens with one attached hydrogen (secondary N) is 2. The molecule has 32 heavy (non-hydrogen) atoms. The van der Waals surface area contributed by atoms with Crippen molar-refractivity contribution < 1.29 is 13.6 Å². The molecule has 0 bridgehead atoms. The van der Waals surface area contributed by atoms with Gasteiger partial charge in [-0.1, -0.05) is 12.8 Å². The molecule has 1 aliphatic carbocycles. The number of carbonyl (C=O) groups is 1. The second kappa shape index (κ2) is 8.70. The van der Waals surface area contributed by atoms with Crippen LogP contribution < -0.4 is 22.1 Å². The third-order valence-electron chi connectivity index (χ3n) is 5.75. The molecule has 1 fully saturated rings. The van der Waals surface area contributed by atoms with Crippen LogP contribution in [0.2, 0.25) is 0 Å². The Hall–Kier alpha value is -3.27. The van der Waals surface area contributed by atoms with Gasteiger partial charge in [0.05, 0.1) is 16.5 Å². The van der Waals surface area contributed by atoms with Gasteiger partial charge in [-0.3, -0.25) is 9.48 Å². The summed E-state index contributed by atoms with van der Waals surface area (Å²) in [4.78, 5) is 16.2. The van der Waals surface area contributed by atoms with Gasteiger partial charge in [0.2, 0.25) is 5.95 Å². The van der Waals surface area contributed by atoms with Crippen LogP contribution in [0.5, 0.6) is 0 Å². The number of fused-ring (bicyclic) bond motifs is 1. The average molecular weight is 444 g/mol. The van der Waals surface area contributed by atoms with Gasteiger partial charge >= 0.3 is 0 Å². The Morgan fingerprint density at radius 1 is 1.28 bits per heavy atom. The number of benzene rings is 1. The summed E-state index contributed by atoms with van der Waals surface area (Å²) in [5.74, 6) is -1.51. The molecule has 0 saturated heterocycles. The van der Waals surface area contributed by atoms with E-state index in [4.69, 9.17) is 11.5 Å². The van der Waals surface area contributed by atoms with Gasteiger partial charge in [-0.15, -0.1) is 5.10 Å². The van der Waals surface area contributed by atoms with Crippen molar-refractivity contribution in [1.29, 1.82) is 0 Å². The van der Waals surface area contributed by atoms with Gasteiger partial charge < -0.3 is 22.1 Å². The molecule has 6 N–H and O–H groups in total. The molecule has 2 aromatic heterocycles. The Morgan fingerprint density at radius 2 is 2.03 bits per heavy atom. The van der Waals surface area contributed by atoms with Crippen LogP contribution >= 0.6 is 0 Å². The molecule has 0 aliphatic heterocycles. The normalized spacial score (nSPS) is 15.5. The van der Waals surface area contributed by atoms with E-state index in [2.05, 4.69) is 20.7 Å². The average Bonchev–Trinajstić information content (AvgIpc) is 3.51. The highest BCUT2D eigenvalue weighted by Gasteiger charge is 2.28. The Bertz CT molecular complexity index is 1160. The van der Waals surface area contributed by atoms with Gasteiger partial charge in [-0.05, 0) is 50.5 Å². The van der Waals surface area contributed by atoms with Crippen molar-refractivity contribution in [2.75, 3.05) is 10.6 Å². The van der Waals surface area contributed by atoms with E-state index in [0.29, 0.717) is 29.1 Å². The van der Waals surface area contributed by atoms with Crippen LogP contribution in [0, 0.1) is 17.7 Å². The van der Waals surface area contributed by atoms with Gasteiger partial charge in [-0.25, -0.2) is 9.37 Å². The first-order valence-corrected chi connectivity index (χ1v) is 10.7. The number of aryl methyl sites for hydroxylation is 1. The van der Waals surface area contributed by atoms with Gasteiger partial charge in [-0.2, -0.15) is 4.39 Å². The minimum absolute atomic E-state index is 0.0217. The first-order valence-electron chi connectivity index (χ1n) is 10.7. The molecule has 170 valence electrons. The van der Waals surface area contributed by atoms with Crippen LogP contribution in [0.3, 0.4) is 0 Å². The zero-order valence-electron chi connectivity index (χ0n) is 18.0. The highest BCUT2D eigenvalue weighted by atomic mass is 19.1. The molecule has 4 rings (SSSR count). The third-order valence-corrected chi connectivity index (χ3v) is 5.75. The number of aromatic nitrogens is 3. The number of pyridine rings is 1. The third kappa shape index (κ3) is 4.50. The minimum Gasteiger partial charge on any atom is -0.365 e. The van der Waals surface area contributed by atoms with Gasteiger partial charge in [0.15, 0.2) is 11.6 Å². The Balaban J connectivity index is 1.67. The fraction of sp³-hybridized carbons (Fsp3) is 0.409. The fourth-order valence-corrected chi connectivity index (χ4v) is 3.76. The summed E-state index contributed by atoms with van der Waals surface area (Å²) in [6.07, 6.45) is 3.10. The predicted molar refractivity (Wildman–Crippen MR) is 120 cm³/mol. The SMILES string of the molecule is CCn1nc(F)c2cc(Nc3nc(NC(CC4CC4)C(C)N)c(F)cc3C(N)=O)ccc21. The van der Waals surface area contributed by atoms with E-state index in [0.717, 1.165) is 25.3 Å². The smallest absolute Gasteiger partial charge is 0.252 e. The summed E-state index contributed by atoms with van der Waals surface area (Å²) in [6.45, 7) is 4.25. The number of rotatable bonds is 9. The van der Waals surface area contributed by atoms with Crippen LogP contribution in [0.1, 0.15) is 43.5 Å². The Labute approximate surface area is 184 Å². The molecule has 1 aliphatic rings. The summed E-state index contributed by atoms with van der Waals surface area (Å²) in [7, 11) is 0. The van der Waals surface area contributed by atoms with Crippen LogP contribution in [0.15, 0.2) is 24.3 Å². The van der Waals surface area contributed by atoms with Gasteiger partial charge in [0.1, 0.15) is 5.82 Å². The lowest BCUT2D eigenvalue weighted by molar-refractivity contribution is 0.100. The van der Waals surface area contributed by atoms with E-state index >= 15 is 0 Å². The second-order valence-corrected chi connectivity index (χ2v) is 8.33. The Kier molecular flexibility index (Phi) is 5.96. The molecule has 2 unspecified atom stereocenters. The standard InChI is InChI=1S/C22H27F2N7O/c1-3-31-18-7-6-13(9-14(18)19(24)30-31)27-21-15(20(26)32)10-16(23)22(29-21)28-17(11(2)25)8-12-4-5-12/h6-7,9-12,17H,3-5,8,25H2,1-2H3,(H2,26,32)(H2,27,28,29). The number of halogens is 2. The van der Waals surface area contributed by atoms with E-state index < -0.39 is 17.7 Å². The predicted octanol–water partition coefficient (Wildman–Crippen LogP) is 3.50. The van der Waals surface area contributed by atoms with Crippen molar-refractivity contribution >= 4 is 34.1 Å². The number of nitrogens with zero attached hydrogens (tertiary/aromatic N) is 3. The largest absolute Gasteiger partial charge is 0.365 e. The second-order valence-electron chi connectivity index (χ2n) is 8.33. The number of hydrogen-bond donors (Lipinski definition) is 4. The summed E-state index contributed by atoms with van der Waals surface area (Å²) in [6, 6.07) is 5.64. The lowest BCUT2D eigenvalue weighted by atomic mass is 10.0. The van der Waals surface area contributed by atoms with Crippen molar-refractivity contribution in [2.45, 2.75) is 51.7 Å². The fourth-order valence-electron chi connectivity index (χ4n) is 3.76. The summed E-state index contributed by atoms with van der Waals surface area (Å²) in [5, 5.41) is 10.2. The van der Waals surface area contributed by atoms with Crippen molar-refractivity contribution in [3.05, 3.63) is 41.6 Å². The minimum atomic E-state index is -0.835. The molecule has 3 aromatic rings. The summed E-state index contributed by atoms with van der Waals surface area (Å²) >= 11 is 0. The van der Waals surface area contributed by atoms with Crippen molar-refractivity contribution in [3.8, 4) is 0 Å². The topological polar surface area (TPSA) is 124 Å². The number of amides is 1. The zero-order chi connectivity index (χ0) is 23.0. The van der Waals surface area contributed by atoms with E-state index in [9.17, 15) is 13.6 Å². The van der Waals surface area contributed by atoms with Crippen LogP contribution in [-0.2, 0) is 6.54 Å². The molecule has 2 atom stereocenters. The maximum atomic E-state index is 14.7. The first kappa shape index (κ1) is 21.9.